The summed E-state index contributed by atoms with van der Waals surface area (Å²) in [5.41, 5.74) is 2.15. The van der Waals surface area contributed by atoms with Gasteiger partial charge in [-0.25, -0.2) is 9.69 Å². The maximum Gasteiger partial charge on any atom is 0.346 e. The second-order valence-corrected chi connectivity index (χ2v) is 8.84. The molecule has 178 valence electrons. The molecule has 0 N–H and O–H groups in total. The van der Waals surface area contributed by atoms with E-state index in [1.165, 1.54) is 7.11 Å². The maximum atomic E-state index is 12.8. The number of anilines is 1. The monoisotopic (exact) mass is 503 g/mol. The molecular weight excluding hydrogens is 481 g/mol. The predicted octanol–water partition coefficient (Wildman–Crippen LogP) is 5.26. The van der Waals surface area contributed by atoms with E-state index >= 15 is 0 Å². The van der Waals surface area contributed by atoms with E-state index < -0.39 is 12.1 Å². The Balaban J connectivity index is 1.50. The molecule has 2 aliphatic rings. The van der Waals surface area contributed by atoms with Crippen molar-refractivity contribution in [1.82, 2.24) is 0 Å². The van der Waals surface area contributed by atoms with Crippen LogP contribution in [-0.4, -0.2) is 31.0 Å². The molecule has 0 unspecified atom stereocenters. The van der Waals surface area contributed by atoms with Crippen LogP contribution in [0.2, 0.25) is 10.0 Å². The quantitative estimate of drug-likeness (QED) is 0.378. The largest absolute Gasteiger partial charge is 0.489 e. The minimum absolute atomic E-state index is 0.0802. The Morgan fingerprint density at radius 3 is 2.32 bits per heavy atom. The Morgan fingerprint density at radius 1 is 1.03 bits per heavy atom. The number of carbonyl (C=O) groups is 3. The highest BCUT2D eigenvalue weighted by atomic mass is 35.5. The van der Waals surface area contributed by atoms with Crippen molar-refractivity contribution in [2.24, 2.45) is 0 Å². The number of methoxy groups -OCH3 is 1. The molecule has 2 amide bonds. The maximum absolute atomic E-state index is 12.8. The van der Waals surface area contributed by atoms with Crippen LogP contribution < -0.4 is 14.4 Å². The van der Waals surface area contributed by atoms with Crippen LogP contribution in [0, 0.1) is 0 Å². The molecule has 4 rings (SSSR count). The number of halogens is 2. The van der Waals surface area contributed by atoms with Gasteiger partial charge in [0, 0.05) is 22.8 Å². The number of esters is 1. The fourth-order valence-electron chi connectivity index (χ4n) is 4.07. The number of ether oxygens (including phenoxy) is 3. The molecule has 7 nitrogen and oxygen atoms in total. The van der Waals surface area contributed by atoms with Crippen LogP contribution in [0.1, 0.15) is 38.2 Å². The average Bonchev–Trinajstić information content (AvgIpc) is 3.09. The Kier molecular flexibility index (Phi) is 7.14. The molecule has 0 saturated heterocycles. The van der Waals surface area contributed by atoms with Crippen LogP contribution >= 0.6 is 23.2 Å². The van der Waals surface area contributed by atoms with Gasteiger partial charge >= 0.3 is 5.97 Å². The molecule has 1 atom stereocenters. The lowest BCUT2D eigenvalue weighted by atomic mass is 9.93. The van der Waals surface area contributed by atoms with E-state index in [-0.39, 0.29) is 23.4 Å². The standard InChI is InChI=1S/C25H23Cl2NO6/c1-14(25(31)32-2)34-22-15(6-5-9-19(22)26)13-33-16-10-11-21(20(27)12-16)28-23(29)17-7-3-4-8-18(17)24(28)30/h5-6,9-12,14H,3-4,7-8,13H2,1-2H3/t14-/m0/s1. The van der Waals surface area contributed by atoms with E-state index in [2.05, 4.69) is 0 Å². The second-order valence-electron chi connectivity index (χ2n) is 8.02. The van der Waals surface area contributed by atoms with Crippen molar-refractivity contribution in [1.29, 1.82) is 0 Å². The molecule has 2 aromatic rings. The fourth-order valence-corrected chi connectivity index (χ4v) is 4.56. The molecule has 9 heteroatoms. The number of rotatable bonds is 7. The first kappa shape index (κ1) is 24.1. The van der Waals surface area contributed by atoms with E-state index in [0.29, 0.717) is 51.8 Å². The van der Waals surface area contributed by atoms with Crippen LogP contribution in [0.15, 0.2) is 47.5 Å². The zero-order valence-corrected chi connectivity index (χ0v) is 20.2. The van der Waals surface area contributed by atoms with Crippen molar-refractivity contribution in [2.75, 3.05) is 12.0 Å². The smallest absolute Gasteiger partial charge is 0.346 e. The molecule has 0 bridgehead atoms. The molecule has 0 radical (unpaired) electrons. The first-order valence-electron chi connectivity index (χ1n) is 10.9. The van der Waals surface area contributed by atoms with Gasteiger partial charge < -0.3 is 14.2 Å². The Hall–Kier alpha value is -3.03. The van der Waals surface area contributed by atoms with E-state index in [9.17, 15) is 14.4 Å². The summed E-state index contributed by atoms with van der Waals surface area (Å²) in [6.07, 6.45) is 2.19. The van der Waals surface area contributed by atoms with E-state index in [1.54, 1.807) is 43.3 Å². The lowest BCUT2D eigenvalue weighted by Crippen LogP contribution is -2.31. The molecule has 2 aromatic carbocycles. The number of imide groups is 1. The molecule has 0 fully saturated rings. The normalized spacial score (nSPS) is 16.4. The van der Waals surface area contributed by atoms with Crippen LogP contribution in [0.4, 0.5) is 5.69 Å². The summed E-state index contributed by atoms with van der Waals surface area (Å²) in [7, 11) is 1.28. The van der Waals surface area contributed by atoms with Gasteiger partial charge in [-0.2, -0.15) is 0 Å². The van der Waals surface area contributed by atoms with Gasteiger partial charge in [0.15, 0.2) is 6.10 Å². The summed E-state index contributed by atoms with van der Waals surface area (Å²) in [5.74, 6) is -0.380. The number of nitrogens with zero attached hydrogens (tertiary/aromatic N) is 1. The van der Waals surface area contributed by atoms with Crippen molar-refractivity contribution in [3.63, 3.8) is 0 Å². The zero-order chi connectivity index (χ0) is 24.4. The molecule has 0 aromatic heterocycles. The number of para-hydroxylation sites is 1. The van der Waals surface area contributed by atoms with Gasteiger partial charge in [0.1, 0.15) is 18.1 Å². The SMILES string of the molecule is COC(=O)[C@H](C)Oc1c(Cl)cccc1COc1ccc(N2C(=O)C3=C(CCCC3)C2=O)c(Cl)c1. The third-order valence-corrected chi connectivity index (χ3v) is 6.42. The Bertz CT molecular complexity index is 1160. The summed E-state index contributed by atoms with van der Waals surface area (Å²) in [6.45, 7) is 1.64. The minimum Gasteiger partial charge on any atom is -0.489 e. The van der Waals surface area contributed by atoms with Crippen molar-refractivity contribution in [2.45, 2.75) is 45.3 Å². The average molecular weight is 504 g/mol. The highest BCUT2D eigenvalue weighted by Gasteiger charge is 2.40. The van der Waals surface area contributed by atoms with Gasteiger partial charge in [-0.3, -0.25) is 9.59 Å². The predicted molar refractivity (Wildman–Crippen MR) is 127 cm³/mol. The second kappa shape index (κ2) is 10.1. The van der Waals surface area contributed by atoms with E-state index in [4.69, 9.17) is 37.4 Å². The summed E-state index contributed by atoms with van der Waals surface area (Å²) in [6, 6.07) is 9.94. The molecule has 1 aliphatic carbocycles. The molecule has 1 aliphatic heterocycles. The van der Waals surface area contributed by atoms with Gasteiger partial charge in [0.2, 0.25) is 0 Å². The highest BCUT2D eigenvalue weighted by molar-refractivity contribution is 6.39. The van der Waals surface area contributed by atoms with Crippen LogP contribution in [0.25, 0.3) is 0 Å². The topological polar surface area (TPSA) is 82.1 Å². The van der Waals surface area contributed by atoms with Gasteiger partial charge in [-0.05, 0) is 50.8 Å². The molecular formula is C25H23Cl2NO6. The lowest BCUT2D eigenvalue weighted by Gasteiger charge is -2.19. The van der Waals surface area contributed by atoms with E-state index in [0.717, 1.165) is 17.7 Å². The number of carbonyl (C=O) groups excluding carboxylic acids is 3. The summed E-state index contributed by atoms with van der Waals surface area (Å²) >= 11 is 12.7. The van der Waals surface area contributed by atoms with Gasteiger partial charge in [-0.1, -0.05) is 35.3 Å². The molecule has 34 heavy (non-hydrogen) atoms. The molecule has 0 saturated carbocycles. The highest BCUT2D eigenvalue weighted by Crippen LogP contribution is 2.39. The summed E-state index contributed by atoms with van der Waals surface area (Å²) in [5, 5.41) is 0.550. The van der Waals surface area contributed by atoms with Crippen molar-refractivity contribution < 1.29 is 28.6 Å². The number of hydrogen-bond acceptors (Lipinski definition) is 6. The summed E-state index contributed by atoms with van der Waals surface area (Å²) in [4.78, 5) is 38.5. The minimum atomic E-state index is -0.854. The van der Waals surface area contributed by atoms with Gasteiger partial charge in [-0.15, -0.1) is 0 Å². The number of benzene rings is 2. The summed E-state index contributed by atoms with van der Waals surface area (Å²) < 4.78 is 16.3. The zero-order valence-electron chi connectivity index (χ0n) is 18.7. The van der Waals surface area contributed by atoms with Crippen molar-refractivity contribution >= 4 is 46.7 Å². The Labute approximate surface area is 207 Å². The first-order valence-corrected chi connectivity index (χ1v) is 11.6. The van der Waals surface area contributed by atoms with Crippen LogP contribution in [0.5, 0.6) is 11.5 Å². The Morgan fingerprint density at radius 2 is 1.71 bits per heavy atom. The molecule has 1 heterocycles. The van der Waals surface area contributed by atoms with Crippen LogP contribution in [-0.2, 0) is 25.7 Å². The number of hydrogen-bond donors (Lipinski definition) is 0. The van der Waals surface area contributed by atoms with Crippen LogP contribution in [0.3, 0.4) is 0 Å². The third-order valence-electron chi connectivity index (χ3n) is 5.82. The van der Waals surface area contributed by atoms with Crippen molar-refractivity contribution in [3.8, 4) is 11.5 Å². The third kappa shape index (κ3) is 4.63. The lowest BCUT2D eigenvalue weighted by molar-refractivity contribution is -0.148. The van der Waals surface area contributed by atoms with Gasteiger partial charge in [0.05, 0.1) is 22.8 Å². The van der Waals surface area contributed by atoms with E-state index in [1.807, 2.05) is 0 Å². The van der Waals surface area contributed by atoms with Crippen molar-refractivity contribution in [3.05, 3.63) is 63.2 Å². The fraction of sp³-hybridized carbons (Fsp3) is 0.320. The molecule has 0 spiro atoms. The number of amides is 2. The van der Waals surface area contributed by atoms with Gasteiger partial charge in [0.25, 0.3) is 11.8 Å². The first-order chi connectivity index (χ1) is 16.3.